The van der Waals surface area contributed by atoms with Crippen LogP contribution in [0.3, 0.4) is 0 Å². The summed E-state index contributed by atoms with van der Waals surface area (Å²) in [6.07, 6.45) is 1.70. The molecular formula is C21H22FN5. The molecule has 0 aromatic heterocycles. The molecule has 2 aromatic rings. The topological polar surface area (TPSA) is 34.4 Å². The van der Waals surface area contributed by atoms with Gasteiger partial charge in [0.05, 0.1) is 37.3 Å². The van der Waals surface area contributed by atoms with Crippen molar-refractivity contribution < 1.29 is 4.39 Å². The first-order chi connectivity index (χ1) is 13.2. The molecule has 0 unspecified atom stereocenters. The summed E-state index contributed by atoms with van der Waals surface area (Å²) in [5, 5.41) is 9.10. The van der Waals surface area contributed by atoms with Gasteiger partial charge in [0.2, 0.25) is 0 Å². The summed E-state index contributed by atoms with van der Waals surface area (Å²) in [6.45, 7) is 6.16. The van der Waals surface area contributed by atoms with Gasteiger partial charge in [0, 0.05) is 19.6 Å². The second-order valence-electron chi connectivity index (χ2n) is 7.80. The Balaban J connectivity index is 1.51. The largest absolute Gasteiger partial charge is 0.276 e. The molecule has 4 heterocycles. The highest BCUT2D eigenvalue weighted by Gasteiger charge is 2.51. The maximum Gasteiger partial charge on any atom is 0.123 e. The lowest BCUT2D eigenvalue weighted by molar-refractivity contribution is -0.149. The molecule has 4 aliphatic heterocycles. The molecule has 0 spiro atoms. The van der Waals surface area contributed by atoms with E-state index in [2.05, 4.69) is 44.1 Å². The molecule has 0 amide bonds. The van der Waals surface area contributed by atoms with Crippen LogP contribution in [0.1, 0.15) is 11.1 Å². The molecule has 0 aliphatic carbocycles. The number of hydrogen-bond acceptors (Lipinski definition) is 5. The van der Waals surface area contributed by atoms with Crippen molar-refractivity contribution in [2.24, 2.45) is 15.6 Å². The lowest BCUT2D eigenvalue weighted by Crippen LogP contribution is -2.74. The van der Waals surface area contributed by atoms with Crippen molar-refractivity contribution in [3.63, 3.8) is 0 Å². The van der Waals surface area contributed by atoms with Gasteiger partial charge in [0.1, 0.15) is 5.82 Å². The van der Waals surface area contributed by atoms with E-state index in [9.17, 15) is 4.39 Å². The van der Waals surface area contributed by atoms with Gasteiger partial charge in [-0.05, 0) is 23.3 Å². The highest BCUT2D eigenvalue weighted by atomic mass is 19.1. The van der Waals surface area contributed by atoms with Crippen LogP contribution in [0.25, 0.3) is 0 Å². The van der Waals surface area contributed by atoms with Crippen molar-refractivity contribution in [1.29, 1.82) is 0 Å². The van der Waals surface area contributed by atoms with Gasteiger partial charge in [-0.1, -0.05) is 42.5 Å². The van der Waals surface area contributed by atoms with Crippen LogP contribution in [-0.2, 0) is 0 Å². The number of nitrogens with zero attached hydrogens (tertiary/aromatic N) is 5. The van der Waals surface area contributed by atoms with Crippen LogP contribution < -0.4 is 0 Å². The average molecular weight is 363 g/mol. The standard InChI is InChI=1S/C21H22FN5/c22-19-8-6-17(7-9-19)10-23-24-20(18-4-2-1-3-5-18)21-11-25-14-26(12-21)16-27(13-21)15-25/h1-10H,11-16H2/b23-10-,24-20+. The minimum absolute atomic E-state index is 0.0315. The first-order valence-electron chi connectivity index (χ1n) is 9.30. The van der Waals surface area contributed by atoms with Gasteiger partial charge in [-0.3, -0.25) is 14.7 Å². The van der Waals surface area contributed by atoms with Crippen LogP contribution in [0.5, 0.6) is 0 Å². The summed E-state index contributed by atoms with van der Waals surface area (Å²) < 4.78 is 13.1. The Hall–Kier alpha value is -2.41. The Morgan fingerprint density at radius 2 is 1.44 bits per heavy atom. The van der Waals surface area contributed by atoms with Crippen LogP contribution in [0.4, 0.5) is 4.39 Å². The first-order valence-corrected chi connectivity index (χ1v) is 9.30. The lowest BCUT2D eigenvalue weighted by Gasteiger charge is -2.60. The summed E-state index contributed by atoms with van der Waals surface area (Å²) in [5.41, 5.74) is 2.98. The molecule has 4 aliphatic rings. The summed E-state index contributed by atoms with van der Waals surface area (Å²) in [7, 11) is 0. The summed E-state index contributed by atoms with van der Waals surface area (Å²) in [4.78, 5) is 7.45. The predicted octanol–water partition coefficient (Wildman–Crippen LogP) is 2.45. The fourth-order valence-electron chi connectivity index (χ4n) is 4.71. The molecular weight excluding hydrogens is 341 g/mol. The smallest absolute Gasteiger partial charge is 0.123 e. The van der Waals surface area contributed by atoms with Gasteiger partial charge >= 0.3 is 0 Å². The zero-order chi connectivity index (χ0) is 18.3. The summed E-state index contributed by atoms with van der Waals surface area (Å²) in [5.74, 6) is -0.244. The second-order valence-corrected chi connectivity index (χ2v) is 7.80. The van der Waals surface area contributed by atoms with Crippen LogP contribution in [0, 0.1) is 11.2 Å². The van der Waals surface area contributed by atoms with Crippen LogP contribution in [-0.4, -0.2) is 66.3 Å². The fourth-order valence-corrected chi connectivity index (χ4v) is 4.71. The monoisotopic (exact) mass is 363 g/mol. The lowest BCUT2D eigenvalue weighted by atomic mass is 9.74. The molecule has 27 heavy (non-hydrogen) atoms. The van der Waals surface area contributed by atoms with Crippen LogP contribution in [0.2, 0.25) is 0 Å². The Kier molecular flexibility index (Phi) is 4.11. The van der Waals surface area contributed by atoms with E-state index >= 15 is 0 Å². The SMILES string of the molecule is Fc1ccc(/C=N\N=C(/c2ccccc2)C23CN4CN(CN(C4)C2)C3)cc1. The maximum atomic E-state index is 13.1. The van der Waals surface area contributed by atoms with Gasteiger partial charge in [-0.15, -0.1) is 0 Å². The Morgan fingerprint density at radius 1 is 0.852 bits per heavy atom. The third kappa shape index (κ3) is 3.20. The van der Waals surface area contributed by atoms with Crippen LogP contribution >= 0.6 is 0 Å². The van der Waals surface area contributed by atoms with E-state index < -0.39 is 0 Å². The van der Waals surface area contributed by atoms with Crippen molar-refractivity contribution in [1.82, 2.24) is 14.7 Å². The van der Waals surface area contributed by atoms with Crippen molar-refractivity contribution in [3.05, 3.63) is 71.5 Å². The van der Waals surface area contributed by atoms with Gasteiger partial charge < -0.3 is 0 Å². The predicted molar refractivity (Wildman–Crippen MR) is 104 cm³/mol. The Bertz CT molecular complexity index is 840. The number of hydrogen-bond donors (Lipinski definition) is 0. The highest BCUT2D eigenvalue weighted by Crippen LogP contribution is 2.38. The van der Waals surface area contributed by atoms with E-state index in [-0.39, 0.29) is 11.2 Å². The molecule has 6 rings (SSSR count). The van der Waals surface area contributed by atoms with Crippen molar-refractivity contribution in [2.75, 3.05) is 39.6 Å². The molecule has 0 atom stereocenters. The number of benzene rings is 2. The molecule has 5 nitrogen and oxygen atoms in total. The molecule has 6 heteroatoms. The maximum absolute atomic E-state index is 13.1. The fraction of sp³-hybridized carbons (Fsp3) is 0.333. The molecule has 0 saturated carbocycles. The van der Waals surface area contributed by atoms with Gasteiger partial charge in [-0.25, -0.2) is 4.39 Å². The molecule has 2 aromatic carbocycles. The Labute approximate surface area is 158 Å². The molecule has 4 bridgehead atoms. The van der Waals surface area contributed by atoms with E-state index in [1.807, 2.05) is 6.07 Å². The zero-order valence-electron chi connectivity index (χ0n) is 15.1. The van der Waals surface area contributed by atoms with Gasteiger partial charge in [-0.2, -0.15) is 10.2 Å². The Morgan fingerprint density at radius 3 is 2.04 bits per heavy atom. The molecule has 4 fully saturated rings. The minimum Gasteiger partial charge on any atom is -0.276 e. The average Bonchev–Trinajstić information content (AvgIpc) is 2.66. The van der Waals surface area contributed by atoms with E-state index in [0.29, 0.717) is 0 Å². The van der Waals surface area contributed by atoms with E-state index in [1.54, 1.807) is 18.3 Å². The summed E-state index contributed by atoms with van der Waals surface area (Å²) >= 11 is 0. The van der Waals surface area contributed by atoms with Gasteiger partial charge in [0.25, 0.3) is 0 Å². The molecule has 138 valence electrons. The molecule has 4 saturated heterocycles. The second kappa shape index (κ2) is 6.64. The first kappa shape index (κ1) is 16.7. The quantitative estimate of drug-likeness (QED) is 0.618. The van der Waals surface area contributed by atoms with E-state index in [4.69, 9.17) is 5.10 Å². The number of halogens is 1. The highest BCUT2D eigenvalue weighted by molar-refractivity contribution is 6.05. The van der Waals surface area contributed by atoms with Crippen molar-refractivity contribution in [2.45, 2.75) is 0 Å². The van der Waals surface area contributed by atoms with E-state index in [0.717, 1.165) is 56.5 Å². The minimum atomic E-state index is -0.244. The number of rotatable bonds is 4. The normalized spacial score (nSPS) is 32.3. The van der Waals surface area contributed by atoms with Crippen molar-refractivity contribution in [3.8, 4) is 0 Å². The zero-order valence-corrected chi connectivity index (χ0v) is 15.1. The molecule has 0 radical (unpaired) electrons. The third-order valence-electron chi connectivity index (χ3n) is 5.56. The molecule has 0 N–H and O–H groups in total. The summed E-state index contributed by atoms with van der Waals surface area (Å²) in [6, 6.07) is 16.7. The van der Waals surface area contributed by atoms with Crippen molar-refractivity contribution >= 4 is 11.9 Å². The third-order valence-corrected chi connectivity index (χ3v) is 5.56. The van der Waals surface area contributed by atoms with Crippen LogP contribution in [0.15, 0.2) is 64.8 Å². The van der Waals surface area contributed by atoms with Gasteiger partial charge in [0.15, 0.2) is 0 Å². The van der Waals surface area contributed by atoms with E-state index in [1.165, 1.54) is 12.1 Å².